The minimum absolute atomic E-state index is 0.586. The van der Waals surface area contributed by atoms with Crippen LogP contribution < -0.4 is 9.64 Å². The van der Waals surface area contributed by atoms with Crippen molar-refractivity contribution in [2.45, 2.75) is 0 Å². The molecule has 1 heterocycles. The Morgan fingerprint density at radius 1 is 1.45 bits per heavy atom. The summed E-state index contributed by atoms with van der Waals surface area (Å²) >= 11 is 0. The largest absolute Gasteiger partial charge is 0.471 e. The molecule has 0 bridgehead atoms. The number of rotatable bonds is 1. The Labute approximate surface area is 65.7 Å². The number of anilines is 1. The van der Waals surface area contributed by atoms with Crippen LogP contribution in [0.25, 0.3) is 0 Å². The van der Waals surface area contributed by atoms with Crippen molar-refractivity contribution >= 4 is 5.69 Å². The molecule has 0 saturated heterocycles. The topological polar surface area (TPSA) is 12.5 Å². The molecule has 0 spiro atoms. The van der Waals surface area contributed by atoms with Gasteiger partial charge in [-0.1, -0.05) is 18.7 Å². The molecule has 2 rings (SSSR count). The second-order valence-electron chi connectivity index (χ2n) is 2.39. The van der Waals surface area contributed by atoms with Crippen molar-refractivity contribution in [3.8, 4) is 5.75 Å². The van der Waals surface area contributed by atoms with Crippen LogP contribution in [-0.4, -0.2) is 6.73 Å². The summed E-state index contributed by atoms with van der Waals surface area (Å²) in [6, 6.07) is 7.93. The summed E-state index contributed by atoms with van der Waals surface area (Å²) in [5.74, 6) is 0.937. The van der Waals surface area contributed by atoms with Crippen LogP contribution in [-0.2, 0) is 0 Å². The van der Waals surface area contributed by atoms with Gasteiger partial charge in [0.1, 0.15) is 5.75 Å². The van der Waals surface area contributed by atoms with Crippen LogP contribution in [0.1, 0.15) is 0 Å². The number of benzene rings is 1. The van der Waals surface area contributed by atoms with Crippen molar-refractivity contribution in [2.75, 3.05) is 11.6 Å². The fraction of sp³-hybridized carbons (Fsp3) is 0.111. The number of hydrogen-bond donors (Lipinski definition) is 0. The molecule has 1 aliphatic rings. The van der Waals surface area contributed by atoms with E-state index in [4.69, 9.17) is 4.74 Å². The van der Waals surface area contributed by atoms with E-state index in [0.29, 0.717) is 6.73 Å². The lowest BCUT2D eigenvalue weighted by atomic mass is 10.3. The Morgan fingerprint density at radius 3 is 3.09 bits per heavy atom. The van der Waals surface area contributed by atoms with Crippen molar-refractivity contribution in [1.82, 2.24) is 0 Å². The molecule has 56 valence electrons. The zero-order valence-electron chi connectivity index (χ0n) is 6.16. The molecular formula is C9H9NO. The first-order valence-corrected chi connectivity index (χ1v) is 3.53. The number of nitrogens with zero attached hydrogens (tertiary/aromatic N) is 1. The lowest BCUT2D eigenvalue weighted by molar-refractivity contribution is 0.356. The van der Waals surface area contributed by atoms with Gasteiger partial charge < -0.3 is 9.64 Å². The predicted molar refractivity (Wildman–Crippen MR) is 44.6 cm³/mol. The molecule has 0 atom stereocenters. The van der Waals surface area contributed by atoms with Crippen molar-refractivity contribution in [3.05, 3.63) is 37.0 Å². The zero-order valence-corrected chi connectivity index (χ0v) is 6.16. The smallest absolute Gasteiger partial charge is 0.165 e. The fourth-order valence-electron chi connectivity index (χ4n) is 1.18. The minimum Gasteiger partial charge on any atom is -0.471 e. The van der Waals surface area contributed by atoms with Crippen LogP contribution >= 0.6 is 0 Å². The molecule has 0 unspecified atom stereocenters. The number of para-hydroxylation sites is 2. The third-order valence-corrected chi connectivity index (χ3v) is 1.75. The van der Waals surface area contributed by atoms with E-state index in [0.717, 1.165) is 11.4 Å². The molecule has 2 nitrogen and oxygen atoms in total. The van der Waals surface area contributed by atoms with Crippen molar-refractivity contribution in [1.29, 1.82) is 0 Å². The molecule has 0 radical (unpaired) electrons. The van der Waals surface area contributed by atoms with E-state index in [9.17, 15) is 0 Å². The van der Waals surface area contributed by atoms with Gasteiger partial charge in [-0.05, 0) is 12.1 Å². The van der Waals surface area contributed by atoms with Gasteiger partial charge in [0.2, 0.25) is 0 Å². The van der Waals surface area contributed by atoms with E-state index in [1.54, 1.807) is 6.20 Å². The van der Waals surface area contributed by atoms with Gasteiger partial charge in [-0.25, -0.2) is 0 Å². The Hall–Kier alpha value is -1.44. The summed E-state index contributed by atoms with van der Waals surface area (Å²) in [6.45, 7) is 4.27. The van der Waals surface area contributed by atoms with Gasteiger partial charge in [-0.2, -0.15) is 0 Å². The predicted octanol–water partition coefficient (Wildman–Crippen LogP) is 1.99. The Bertz CT molecular complexity index is 283. The van der Waals surface area contributed by atoms with Crippen molar-refractivity contribution in [3.63, 3.8) is 0 Å². The molecule has 0 aliphatic carbocycles. The van der Waals surface area contributed by atoms with Gasteiger partial charge in [0, 0.05) is 6.20 Å². The highest BCUT2D eigenvalue weighted by Crippen LogP contribution is 2.32. The summed E-state index contributed by atoms with van der Waals surface area (Å²) in [6.07, 6.45) is 1.77. The standard InChI is InChI=1S/C9H9NO/c1-2-10-7-11-9-6-4-3-5-8(9)10/h2-6H,1,7H2. The molecule has 1 aromatic carbocycles. The highest BCUT2D eigenvalue weighted by Gasteiger charge is 2.15. The van der Waals surface area contributed by atoms with Crippen LogP contribution in [0.4, 0.5) is 5.69 Å². The molecular weight excluding hydrogens is 138 g/mol. The van der Waals surface area contributed by atoms with Gasteiger partial charge in [-0.15, -0.1) is 0 Å². The van der Waals surface area contributed by atoms with E-state index in [1.807, 2.05) is 29.2 Å². The minimum atomic E-state index is 0.586. The SMILES string of the molecule is C=CN1COc2ccccc21. The summed E-state index contributed by atoms with van der Waals surface area (Å²) in [5, 5.41) is 0. The highest BCUT2D eigenvalue weighted by atomic mass is 16.5. The maximum absolute atomic E-state index is 5.36. The highest BCUT2D eigenvalue weighted by molar-refractivity contribution is 5.62. The van der Waals surface area contributed by atoms with Gasteiger partial charge >= 0.3 is 0 Å². The first-order chi connectivity index (χ1) is 5.42. The van der Waals surface area contributed by atoms with Crippen LogP contribution in [0.15, 0.2) is 37.0 Å². The fourth-order valence-corrected chi connectivity index (χ4v) is 1.18. The Morgan fingerprint density at radius 2 is 2.27 bits per heavy atom. The maximum atomic E-state index is 5.36. The van der Waals surface area contributed by atoms with E-state index in [1.165, 1.54) is 0 Å². The summed E-state index contributed by atoms with van der Waals surface area (Å²) in [4.78, 5) is 1.97. The molecule has 2 heteroatoms. The molecule has 1 aliphatic heterocycles. The van der Waals surface area contributed by atoms with Gasteiger partial charge in [0.25, 0.3) is 0 Å². The number of hydrogen-bond acceptors (Lipinski definition) is 2. The van der Waals surface area contributed by atoms with Gasteiger partial charge in [-0.3, -0.25) is 0 Å². The Balaban J connectivity index is 2.46. The first-order valence-electron chi connectivity index (χ1n) is 3.53. The van der Waals surface area contributed by atoms with E-state index < -0.39 is 0 Å². The summed E-state index contributed by atoms with van der Waals surface area (Å²) < 4.78 is 5.36. The lowest BCUT2D eigenvalue weighted by Gasteiger charge is -2.07. The second kappa shape index (κ2) is 2.31. The molecule has 0 saturated carbocycles. The maximum Gasteiger partial charge on any atom is 0.165 e. The second-order valence-corrected chi connectivity index (χ2v) is 2.39. The monoisotopic (exact) mass is 147 g/mol. The van der Waals surface area contributed by atoms with Gasteiger partial charge in [0.15, 0.2) is 6.73 Å². The van der Waals surface area contributed by atoms with E-state index in [2.05, 4.69) is 6.58 Å². The molecule has 1 aromatic rings. The molecule has 0 amide bonds. The van der Waals surface area contributed by atoms with Crippen molar-refractivity contribution < 1.29 is 4.74 Å². The molecule has 0 fully saturated rings. The van der Waals surface area contributed by atoms with Crippen molar-refractivity contribution in [2.24, 2.45) is 0 Å². The normalized spacial score (nSPS) is 14.0. The summed E-state index contributed by atoms with van der Waals surface area (Å²) in [5.41, 5.74) is 1.10. The van der Waals surface area contributed by atoms with Crippen LogP contribution in [0.3, 0.4) is 0 Å². The Kier molecular flexibility index (Phi) is 1.32. The summed E-state index contributed by atoms with van der Waals surface area (Å²) in [7, 11) is 0. The van der Waals surface area contributed by atoms with E-state index >= 15 is 0 Å². The molecule has 0 aromatic heterocycles. The lowest BCUT2D eigenvalue weighted by Crippen LogP contribution is -2.13. The zero-order chi connectivity index (χ0) is 7.68. The van der Waals surface area contributed by atoms with Crippen LogP contribution in [0, 0.1) is 0 Å². The van der Waals surface area contributed by atoms with E-state index in [-0.39, 0.29) is 0 Å². The third kappa shape index (κ3) is 0.871. The number of fused-ring (bicyclic) bond motifs is 1. The first kappa shape index (κ1) is 6.28. The molecule has 11 heavy (non-hydrogen) atoms. The quantitative estimate of drug-likeness (QED) is 0.602. The third-order valence-electron chi connectivity index (χ3n) is 1.75. The van der Waals surface area contributed by atoms with Crippen LogP contribution in [0.2, 0.25) is 0 Å². The average molecular weight is 147 g/mol. The molecule has 0 N–H and O–H groups in total. The average Bonchev–Trinajstić information content (AvgIpc) is 2.47. The van der Waals surface area contributed by atoms with Gasteiger partial charge in [0.05, 0.1) is 5.69 Å². The van der Waals surface area contributed by atoms with Crippen LogP contribution in [0.5, 0.6) is 5.75 Å². The number of ether oxygens (including phenoxy) is 1.